The minimum Gasteiger partial charge on any atom is -0.476 e. The summed E-state index contributed by atoms with van der Waals surface area (Å²) in [4.78, 5) is 11.0. The van der Waals surface area contributed by atoms with Crippen LogP contribution in [-0.2, 0) is 13.0 Å². The van der Waals surface area contributed by atoms with Gasteiger partial charge in [-0.2, -0.15) is 10.2 Å². The number of nitrogens with zero attached hydrogens (tertiary/aromatic N) is 2. The lowest BCUT2D eigenvalue weighted by Crippen LogP contribution is -2.10. The Kier molecular flexibility index (Phi) is 1.94. The van der Waals surface area contributed by atoms with E-state index in [0.717, 1.165) is 23.4 Å². The Labute approximate surface area is 96.2 Å². The molecule has 0 atom stereocenters. The quantitative estimate of drug-likeness (QED) is 0.618. The summed E-state index contributed by atoms with van der Waals surface area (Å²) >= 11 is 0. The summed E-state index contributed by atoms with van der Waals surface area (Å²) in [7, 11) is 0. The van der Waals surface area contributed by atoms with Crippen LogP contribution in [0.5, 0.6) is 0 Å². The highest BCUT2D eigenvalue weighted by Gasteiger charge is 2.28. The number of H-pyrrole nitrogens is 2. The molecule has 4 N–H and O–H groups in total. The lowest BCUT2D eigenvalue weighted by Gasteiger charge is -2.14. The van der Waals surface area contributed by atoms with Gasteiger partial charge in [-0.15, -0.1) is 0 Å². The SMILES string of the molecule is CCc1n[nH]c2c1-c1n[nH]c(C(=O)O)c1NC2. The number of anilines is 1. The molecule has 0 bridgehead atoms. The molecular weight excluding hydrogens is 222 g/mol. The van der Waals surface area contributed by atoms with Crippen LogP contribution in [0.1, 0.15) is 28.8 Å². The van der Waals surface area contributed by atoms with Gasteiger partial charge in [-0.05, 0) is 6.42 Å². The third kappa shape index (κ3) is 1.25. The Morgan fingerprint density at radius 3 is 2.94 bits per heavy atom. The molecule has 2 aromatic rings. The minimum absolute atomic E-state index is 0.0916. The first-order valence-electron chi connectivity index (χ1n) is 5.34. The van der Waals surface area contributed by atoms with Crippen LogP contribution >= 0.6 is 0 Å². The van der Waals surface area contributed by atoms with Gasteiger partial charge < -0.3 is 10.4 Å². The maximum absolute atomic E-state index is 11.0. The highest BCUT2D eigenvalue weighted by Crippen LogP contribution is 2.37. The van der Waals surface area contributed by atoms with Gasteiger partial charge in [0.2, 0.25) is 0 Å². The number of hydrogen-bond donors (Lipinski definition) is 4. The molecular formula is C10H11N5O2. The number of aromatic carboxylic acids is 1. The van der Waals surface area contributed by atoms with E-state index in [-0.39, 0.29) is 5.69 Å². The van der Waals surface area contributed by atoms with Crippen molar-refractivity contribution in [1.29, 1.82) is 0 Å². The van der Waals surface area contributed by atoms with Crippen molar-refractivity contribution in [3.8, 4) is 11.3 Å². The average Bonchev–Trinajstić information content (AvgIpc) is 2.91. The van der Waals surface area contributed by atoms with Crippen molar-refractivity contribution in [3.63, 3.8) is 0 Å². The first-order valence-corrected chi connectivity index (χ1v) is 5.34. The molecule has 0 spiro atoms. The maximum Gasteiger partial charge on any atom is 0.356 e. The molecule has 3 rings (SSSR count). The Morgan fingerprint density at radius 2 is 2.24 bits per heavy atom. The van der Waals surface area contributed by atoms with Crippen molar-refractivity contribution in [1.82, 2.24) is 20.4 Å². The highest BCUT2D eigenvalue weighted by molar-refractivity contribution is 5.97. The number of carbonyl (C=O) groups is 1. The summed E-state index contributed by atoms with van der Waals surface area (Å²) in [6.07, 6.45) is 0.778. The number of fused-ring (bicyclic) bond motifs is 3. The molecule has 2 aromatic heterocycles. The standard InChI is InChI=1S/C10H11N5O2/c1-2-4-6-5(13-12-4)3-11-8-7(6)14-15-9(8)10(16)17/h11H,2-3H2,1H3,(H,12,13)(H,14,15)(H,16,17). The fourth-order valence-corrected chi connectivity index (χ4v) is 2.11. The number of aryl methyl sites for hydroxylation is 1. The van der Waals surface area contributed by atoms with E-state index in [0.29, 0.717) is 17.9 Å². The Hall–Kier alpha value is -2.31. The number of nitrogens with one attached hydrogen (secondary N) is 3. The van der Waals surface area contributed by atoms with Crippen molar-refractivity contribution >= 4 is 11.7 Å². The summed E-state index contributed by atoms with van der Waals surface area (Å²) < 4.78 is 0. The van der Waals surface area contributed by atoms with Gasteiger partial charge in [-0.3, -0.25) is 10.2 Å². The van der Waals surface area contributed by atoms with Crippen LogP contribution in [0.4, 0.5) is 5.69 Å². The van der Waals surface area contributed by atoms with Crippen LogP contribution in [0.15, 0.2) is 0 Å². The molecule has 0 saturated heterocycles. The predicted molar refractivity (Wildman–Crippen MR) is 59.8 cm³/mol. The molecule has 0 fully saturated rings. The normalized spacial score (nSPS) is 12.8. The average molecular weight is 233 g/mol. The number of carboxylic acid groups (broad SMARTS) is 1. The molecule has 0 saturated carbocycles. The second-order valence-electron chi connectivity index (χ2n) is 3.86. The van der Waals surface area contributed by atoms with Crippen molar-refractivity contribution in [2.45, 2.75) is 19.9 Å². The summed E-state index contributed by atoms with van der Waals surface area (Å²) in [6, 6.07) is 0. The first kappa shape index (κ1) is 9.88. The van der Waals surface area contributed by atoms with Crippen molar-refractivity contribution < 1.29 is 9.90 Å². The molecule has 0 aromatic carbocycles. The minimum atomic E-state index is -1.02. The molecule has 0 aliphatic carbocycles. The van der Waals surface area contributed by atoms with E-state index in [9.17, 15) is 4.79 Å². The lowest BCUT2D eigenvalue weighted by atomic mass is 10.0. The summed E-state index contributed by atoms with van der Waals surface area (Å²) in [5, 5.41) is 25.8. The Morgan fingerprint density at radius 1 is 1.41 bits per heavy atom. The molecule has 88 valence electrons. The second kappa shape index (κ2) is 3.34. The molecule has 1 aliphatic rings. The summed E-state index contributed by atoms with van der Waals surface area (Å²) in [5.74, 6) is -1.02. The topological polar surface area (TPSA) is 107 Å². The van der Waals surface area contributed by atoms with E-state index in [1.807, 2.05) is 6.92 Å². The smallest absolute Gasteiger partial charge is 0.356 e. The zero-order valence-electron chi connectivity index (χ0n) is 9.16. The Bertz CT molecular complexity index is 584. The molecule has 17 heavy (non-hydrogen) atoms. The van der Waals surface area contributed by atoms with Gasteiger partial charge in [0, 0.05) is 0 Å². The van der Waals surface area contributed by atoms with Gasteiger partial charge in [-0.25, -0.2) is 4.79 Å². The maximum atomic E-state index is 11.0. The summed E-state index contributed by atoms with van der Waals surface area (Å²) in [6.45, 7) is 2.54. The van der Waals surface area contributed by atoms with Crippen molar-refractivity contribution in [2.24, 2.45) is 0 Å². The monoisotopic (exact) mass is 233 g/mol. The van der Waals surface area contributed by atoms with Crippen LogP contribution in [-0.4, -0.2) is 31.5 Å². The third-order valence-corrected chi connectivity index (χ3v) is 2.91. The van der Waals surface area contributed by atoms with Gasteiger partial charge in [0.15, 0.2) is 5.69 Å². The second-order valence-corrected chi connectivity index (χ2v) is 3.86. The lowest BCUT2D eigenvalue weighted by molar-refractivity contribution is 0.0691. The van der Waals surface area contributed by atoms with E-state index in [4.69, 9.17) is 5.11 Å². The number of hydrogen-bond acceptors (Lipinski definition) is 4. The molecule has 0 amide bonds. The molecule has 3 heterocycles. The zero-order chi connectivity index (χ0) is 12.0. The molecule has 7 nitrogen and oxygen atoms in total. The number of aromatic amines is 2. The van der Waals surface area contributed by atoms with Crippen LogP contribution in [0, 0.1) is 0 Å². The van der Waals surface area contributed by atoms with Gasteiger partial charge in [0.1, 0.15) is 5.69 Å². The number of carboxylic acids is 1. The van der Waals surface area contributed by atoms with E-state index in [1.165, 1.54) is 0 Å². The fraction of sp³-hybridized carbons (Fsp3) is 0.300. The largest absolute Gasteiger partial charge is 0.476 e. The van der Waals surface area contributed by atoms with Gasteiger partial charge >= 0.3 is 5.97 Å². The first-order chi connectivity index (χ1) is 8.22. The van der Waals surface area contributed by atoms with Crippen LogP contribution < -0.4 is 5.32 Å². The van der Waals surface area contributed by atoms with Crippen LogP contribution in [0.2, 0.25) is 0 Å². The number of rotatable bonds is 2. The highest BCUT2D eigenvalue weighted by atomic mass is 16.4. The molecule has 7 heteroatoms. The van der Waals surface area contributed by atoms with Gasteiger partial charge in [-0.1, -0.05) is 6.92 Å². The molecule has 1 aliphatic heterocycles. The predicted octanol–water partition coefficient (Wildman–Crippen LogP) is 0.986. The van der Waals surface area contributed by atoms with Gasteiger partial charge in [0.25, 0.3) is 0 Å². The van der Waals surface area contributed by atoms with Crippen molar-refractivity contribution in [3.05, 3.63) is 17.1 Å². The van der Waals surface area contributed by atoms with Gasteiger partial charge in [0.05, 0.1) is 29.2 Å². The van der Waals surface area contributed by atoms with E-state index in [1.54, 1.807) is 0 Å². The van der Waals surface area contributed by atoms with E-state index in [2.05, 4.69) is 25.7 Å². The third-order valence-electron chi connectivity index (χ3n) is 2.91. The van der Waals surface area contributed by atoms with Crippen LogP contribution in [0.3, 0.4) is 0 Å². The molecule has 0 unspecified atom stereocenters. The van der Waals surface area contributed by atoms with E-state index < -0.39 is 5.97 Å². The fourth-order valence-electron chi connectivity index (χ4n) is 2.11. The number of aromatic nitrogens is 4. The van der Waals surface area contributed by atoms with Crippen LogP contribution in [0.25, 0.3) is 11.3 Å². The van der Waals surface area contributed by atoms with E-state index >= 15 is 0 Å². The summed E-state index contributed by atoms with van der Waals surface area (Å²) in [5.41, 5.74) is 4.04. The Balaban J connectivity index is 2.23. The zero-order valence-corrected chi connectivity index (χ0v) is 9.16. The molecule has 0 radical (unpaired) electrons. The van der Waals surface area contributed by atoms with Crippen molar-refractivity contribution in [2.75, 3.05) is 5.32 Å².